The quantitative estimate of drug-likeness (QED) is 0.352. The number of aromatic nitrogens is 1. The molecule has 1 N–H and O–H groups in total. The van der Waals surface area contributed by atoms with E-state index >= 15 is 0 Å². The third-order valence-corrected chi connectivity index (χ3v) is 6.45. The van der Waals surface area contributed by atoms with Crippen molar-refractivity contribution >= 4 is 45.5 Å². The zero-order valence-electron chi connectivity index (χ0n) is 16.4. The van der Waals surface area contributed by atoms with E-state index < -0.39 is 17.7 Å². The molecule has 1 saturated heterocycles. The first kappa shape index (κ1) is 19.8. The number of hydrogen-bond donors (Lipinski definition) is 1. The minimum atomic E-state index is -0.813. The molecule has 3 aromatic rings. The minimum Gasteiger partial charge on any atom is -0.507 e. The molecule has 1 fully saturated rings. The molecule has 2 aromatic carbocycles. The Morgan fingerprint density at radius 2 is 2.00 bits per heavy atom. The molecule has 2 atom stereocenters. The number of ether oxygens (including phenoxy) is 1. The van der Waals surface area contributed by atoms with Crippen LogP contribution in [-0.4, -0.2) is 27.9 Å². The smallest absolute Gasteiger partial charge is 0.301 e. The molecule has 2 unspecified atom stereocenters. The highest BCUT2D eigenvalue weighted by Crippen LogP contribution is 2.43. The molecule has 2 aliphatic heterocycles. The molecule has 6 nitrogen and oxygen atoms in total. The fourth-order valence-corrected chi connectivity index (χ4v) is 4.84. The monoisotopic (exact) mass is 452 g/mol. The average Bonchev–Trinajstić information content (AvgIpc) is 3.46. The minimum absolute atomic E-state index is 0.0226. The summed E-state index contributed by atoms with van der Waals surface area (Å²) in [5, 5.41) is 13.9. The normalized spacial score (nSPS) is 21.9. The van der Waals surface area contributed by atoms with Crippen molar-refractivity contribution in [2.75, 3.05) is 4.90 Å². The maximum Gasteiger partial charge on any atom is 0.301 e. The Labute approximate surface area is 187 Å². The van der Waals surface area contributed by atoms with Gasteiger partial charge in [0.15, 0.2) is 5.13 Å². The summed E-state index contributed by atoms with van der Waals surface area (Å²) in [6.07, 6.45) is 2.33. The van der Waals surface area contributed by atoms with Gasteiger partial charge in [0.2, 0.25) is 0 Å². The molecule has 3 heterocycles. The average molecular weight is 453 g/mol. The van der Waals surface area contributed by atoms with Crippen molar-refractivity contribution in [2.45, 2.75) is 25.5 Å². The zero-order chi connectivity index (χ0) is 21.7. The van der Waals surface area contributed by atoms with E-state index in [-0.39, 0.29) is 17.4 Å². The number of carbonyl (C=O) groups excluding carboxylic acids is 2. The predicted molar refractivity (Wildman–Crippen MR) is 119 cm³/mol. The van der Waals surface area contributed by atoms with Gasteiger partial charge in [-0.05, 0) is 48.4 Å². The number of hydrogen-bond acceptors (Lipinski definition) is 6. The van der Waals surface area contributed by atoms with E-state index in [1.54, 1.807) is 48.0 Å². The van der Waals surface area contributed by atoms with Gasteiger partial charge in [-0.3, -0.25) is 14.5 Å². The second kappa shape index (κ2) is 7.51. The van der Waals surface area contributed by atoms with Crippen LogP contribution >= 0.6 is 22.9 Å². The molecule has 31 heavy (non-hydrogen) atoms. The third kappa shape index (κ3) is 3.30. The Kier molecular flexibility index (Phi) is 4.79. The fraction of sp³-hybridized carbons (Fsp3) is 0.174. The van der Waals surface area contributed by atoms with Crippen LogP contribution in [0.25, 0.3) is 5.76 Å². The number of aliphatic hydroxyl groups is 1. The number of benzene rings is 2. The number of ketones is 1. The summed E-state index contributed by atoms with van der Waals surface area (Å²) in [6, 6.07) is 11.3. The summed E-state index contributed by atoms with van der Waals surface area (Å²) < 4.78 is 5.73. The van der Waals surface area contributed by atoms with Gasteiger partial charge in [0.05, 0.1) is 11.6 Å². The molecular formula is C23H17ClN2O4S. The standard InChI is InChI=1S/C23H17ClN2O4S/c1-12-10-15-11-14(4-7-17(15)30-12)20(27)18-19(13-2-5-16(24)6-3-13)26(22(29)21(18)28)23-25-8-9-31-23/h2-9,11-12,19,27H,10H2,1H3/b20-18+. The molecule has 0 spiro atoms. The van der Waals surface area contributed by atoms with Crippen LogP contribution in [0.4, 0.5) is 5.13 Å². The number of fused-ring (bicyclic) bond motifs is 1. The van der Waals surface area contributed by atoms with Crippen molar-refractivity contribution in [1.82, 2.24) is 4.98 Å². The number of halogens is 1. The first-order chi connectivity index (χ1) is 14.9. The summed E-state index contributed by atoms with van der Waals surface area (Å²) >= 11 is 7.29. The Hall–Kier alpha value is -3.16. The molecule has 0 bridgehead atoms. The van der Waals surface area contributed by atoms with Crippen LogP contribution in [0.5, 0.6) is 5.75 Å². The van der Waals surface area contributed by atoms with Crippen LogP contribution in [0.2, 0.25) is 5.02 Å². The van der Waals surface area contributed by atoms with Crippen LogP contribution in [0.15, 0.2) is 59.6 Å². The second-order valence-electron chi connectivity index (χ2n) is 7.49. The summed E-state index contributed by atoms with van der Waals surface area (Å²) in [6.45, 7) is 1.97. The lowest BCUT2D eigenvalue weighted by molar-refractivity contribution is -0.132. The largest absolute Gasteiger partial charge is 0.507 e. The lowest BCUT2D eigenvalue weighted by Crippen LogP contribution is -2.29. The van der Waals surface area contributed by atoms with Gasteiger partial charge in [0, 0.05) is 28.6 Å². The maximum absolute atomic E-state index is 13.1. The first-order valence-electron chi connectivity index (χ1n) is 9.70. The first-order valence-corrected chi connectivity index (χ1v) is 11.0. The Morgan fingerprint density at radius 1 is 1.23 bits per heavy atom. The van der Waals surface area contributed by atoms with E-state index in [0.717, 1.165) is 11.3 Å². The van der Waals surface area contributed by atoms with Crippen LogP contribution in [-0.2, 0) is 16.0 Å². The van der Waals surface area contributed by atoms with Gasteiger partial charge in [-0.25, -0.2) is 4.98 Å². The van der Waals surface area contributed by atoms with Gasteiger partial charge in [-0.15, -0.1) is 11.3 Å². The van der Waals surface area contributed by atoms with Crippen molar-refractivity contribution < 1.29 is 19.4 Å². The molecule has 5 rings (SSSR count). The topological polar surface area (TPSA) is 79.7 Å². The number of thiazole rings is 1. The van der Waals surface area contributed by atoms with Crippen molar-refractivity contribution in [2.24, 2.45) is 0 Å². The van der Waals surface area contributed by atoms with E-state index in [1.807, 2.05) is 13.0 Å². The molecular weight excluding hydrogens is 436 g/mol. The van der Waals surface area contributed by atoms with E-state index in [1.165, 1.54) is 16.2 Å². The lowest BCUT2D eigenvalue weighted by atomic mass is 9.94. The van der Waals surface area contributed by atoms with Crippen molar-refractivity contribution in [1.29, 1.82) is 0 Å². The predicted octanol–water partition coefficient (Wildman–Crippen LogP) is 4.75. The van der Waals surface area contributed by atoms with Gasteiger partial charge in [-0.1, -0.05) is 23.7 Å². The highest BCUT2D eigenvalue weighted by Gasteiger charge is 2.48. The van der Waals surface area contributed by atoms with Gasteiger partial charge < -0.3 is 9.84 Å². The van der Waals surface area contributed by atoms with Crippen LogP contribution in [0.1, 0.15) is 29.7 Å². The zero-order valence-corrected chi connectivity index (χ0v) is 18.0. The van der Waals surface area contributed by atoms with E-state index in [9.17, 15) is 14.7 Å². The fourth-order valence-electron chi connectivity index (χ4n) is 4.05. The number of carbonyl (C=O) groups is 2. The van der Waals surface area contributed by atoms with Gasteiger partial charge in [-0.2, -0.15) is 0 Å². The molecule has 156 valence electrons. The van der Waals surface area contributed by atoms with Gasteiger partial charge in [0.1, 0.15) is 17.6 Å². The maximum atomic E-state index is 13.1. The molecule has 0 radical (unpaired) electrons. The van der Waals surface area contributed by atoms with Crippen LogP contribution in [0.3, 0.4) is 0 Å². The van der Waals surface area contributed by atoms with Gasteiger partial charge in [0.25, 0.3) is 5.78 Å². The Bertz CT molecular complexity index is 1220. The summed E-state index contributed by atoms with van der Waals surface area (Å²) in [5.41, 5.74) is 2.09. The molecule has 1 amide bonds. The molecule has 0 aliphatic carbocycles. The van der Waals surface area contributed by atoms with Crippen molar-refractivity contribution in [3.8, 4) is 5.75 Å². The summed E-state index contributed by atoms with van der Waals surface area (Å²) in [4.78, 5) is 31.6. The number of Topliss-reactive ketones (excluding diaryl/α,β-unsaturated/α-hetero) is 1. The number of amides is 1. The lowest BCUT2D eigenvalue weighted by Gasteiger charge is -2.23. The van der Waals surface area contributed by atoms with Crippen LogP contribution < -0.4 is 9.64 Å². The molecule has 1 aromatic heterocycles. The molecule has 0 saturated carbocycles. The van der Waals surface area contributed by atoms with Crippen molar-refractivity contribution in [3.05, 3.63) is 81.3 Å². The number of aliphatic hydroxyl groups excluding tert-OH is 1. The highest BCUT2D eigenvalue weighted by molar-refractivity contribution is 7.14. The highest BCUT2D eigenvalue weighted by atomic mass is 35.5. The second-order valence-corrected chi connectivity index (χ2v) is 8.80. The number of anilines is 1. The Balaban J connectivity index is 1.68. The third-order valence-electron chi connectivity index (χ3n) is 5.42. The molecule has 8 heteroatoms. The van der Waals surface area contributed by atoms with E-state index in [0.29, 0.717) is 27.7 Å². The number of nitrogens with zero attached hydrogens (tertiary/aromatic N) is 2. The van der Waals surface area contributed by atoms with Gasteiger partial charge >= 0.3 is 5.91 Å². The van der Waals surface area contributed by atoms with E-state index in [4.69, 9.17) is 16.3 Å². The summed E-state index contributed by atoms with van der Waals surface area (Å²) in [5.74, 6) is -0.937. The summed E-state index contributed by atoms with van der Waals surface area (Å²) in [7, 11) is 0. The number of rotatable bonds is 3. The Morgan fingerprint density at radius 3 is 2.71 bits per heavy atom. The molecule has 2 aliphatic rings. The van der Waals surface area contributed by atoms with Crippen molar-refractivity contribution in [3.63, 3.8) is 0 Å². The van der Waals surface area contributed by atoms with Crippen LogP contribution in [0, 0.1) is 0 Å². The SMILES string of the molecule is CC1Cc2cc(/C(O)=C3\C(=O)C(=O)N(c4nccs4)C3c3ccc(Cl)cc3)ccc2O1. The van der Waals surface area contributed by atoms with E-state index in [2.05, 4.69) is 4.98 Å².